The molecule has 4 nitrogen and oxygen atoms in total. The van der Waals surface area contributed by atoms with Crippen LogP contribution < -0.4 is 11.5 Å². The van der Waals surface area contributed by atoms with E-state index in [0.717, 1.165) is 0 Å². The summed E-state index contributed by atoms with van der Waals surface area (Å²) in [5.41, 5.74) is 10.7. The van der Waals surface area contributed by atoms with Gasteiger partial charge in [0.2, 0.25) is 0 Å². The summed E-state index contributed by atoms with van der Waals surface area (Å²) in [6, 6.07) is -0.704. The number of hydrogen-bond acceptors (Lipinski definition) is 4. The van der Waals surface area contributed by atoms with Crippen molar-refractivity contribution in [2.75, 3.05) is 11.5 Å². The molecule has 1 aliphatic heterocycles. The van der Waals surface area contributed by atoms with Gasteiger partial charge in [-0.1, -0.05) is 0 Å². The predicted molar refractivity (Wildman–Crippen MR) is 34.6 cm³/mol. The second kappa shape index (κ2) is 1.93. The largest absolute Gasteiger partial charge is 0.325 e. The first kappa shape index (κ1) is 6.98. The van der Waals surface area contributed by atoms with E-state index in [9.17, 15) is 8.42 Å². The molecule has 1 heterocycles. The van der Waals surface area contributed by atoms with E-state index < -0.39 is 9.84 Å². The van der Waals surface area contributed by atoms with E-state index in [1.807, 2.05) is 0 Å². The molecule has 9 heavy (non-hydrogen) atoms. The third kappa shape index (κ3) is 1.41. The molecule has 2 atom stereocenters. The van der Waals surface area contributed by atoms with Gasteiger partial charge in [0.25, 0.3) is 0 Å². The Morgan fingerprint density at radius 1 is 1.11 bits per heavy atom. The zero-order valence-corrected chi connectivity index (χ0v) is 5.76. The molecule has 0 aromatic rings. The van der Waals surface area contributed by atoms with Gasteiger partial charge in [-0.3, -0.25) is 0 Å². The van der Waals surface area contributed by atoms with Crippen LogP contribution in [0.2, 0.25) is 0 Å². The van der Waals surface area contributed by atoms with Crippen molar-refractivity contribution < 1.29 is 8.42 Å². The lowest BCUT2D eigenvalue weighted by atomic mass is 10.2. The van der Waals surface area contributed by atoms with Crippen molar-refractivity contribution in [1.82, 2.24) is 0 Å². The minimum absolute atomic E-state index is 0.0498. The zero-order valence-electron chi connectivity index (χ0n) is 4.95. The average molecular weight is 150 g/mol. The first-order chi connectivity index (χ1) is 4.01. The van der Waals surface area contributed by atoms with Crippen LogP contribution in [0.4, 0.5) is 0 Å². The minimum Gasteiger partial charge on any atom is -0.325 e. The van der Waals surface area contributed by atoms with Crippen LogP contribution in [0.15, 0.2) is 0 Å². The monoisotopic (exact) mass is 150 g/mol. The molecule has 1 saturated heterocycles. The van der Waals surface area contributed by atoms with E-state index in [2.05, 4.69) is 0 Å². The minimum atomic E-state index is -2.89. The topological polar surface area (TPSA) is 86.2 Å². The Bertz CT molecular complexity index is 183. The Hall–Kier alpha value is -0.130. The second-order valence-corrected chi connectivity index (χ2v) is 4.56. The first-order valence-electron chi connectivity index (χ1n) is 2.73. The molecule has 0 aromatic heterocycles. The van der Waals surface area contributed by atoms with E-state index in [-0.39, 0.29) is 23.6 Å². The fraction of sp³-hybridized carbons (Fsp3) is 1.00. The fourth-order valence-electron chi connectivity index (χ4n) is 0.902. The summed E-state index contributed by atoms with van der Waals surface area (Å²) in [6.45, 7) is 0. The molecular formula is C4H10N2O2S. The Morgan fingerprint density at radius 3 is 1.56 bits per heavy atom. The molecule has 0 saturated carbocycles. The molecule has 54 valence electrons. The quantitative estimate of drug-likeness (QED) is 0.421. The highest BCUT2D eigenvalue weighted by Gasteiger charge is 2.32. The maximum absolute atomic E-state index is 10.7. The van der Waals surface area contributed by atoms with Crippen LogP contribution in [0, 0.1) is 0 Å². The lowest BCUT2D eigenvalue weighted by Gasteiger charge is -2.03. The van der Waals surface area contributed by atoms with Crippen molar-refractivity contribution in [2.24, 2.45) is 11.5 Å². The summed E-state index contributed by atoms with van der Waals surface area (Å²) >= 11 is 0. The predicted octanol–water partition coefficient (Wildman–Crippen LogP) is -1.93. The Kier molecular flexibility index (Phi) is 1.50. The van der Waals surface area contributed by atoms with Gasteiger partial charge in [-0.15, -0.1) is 0 Å². The molecule has 0 unspecified atom stereocenters. The van der Waals surface area contributed by atoms with E-state index in [1.54, 1.807) is 0 Å². The van der Waals surface area contributed by atoms with Gasteiger partial charge < -0.3 is 11.5 Å². The summed E-state index contributed by atoms with van der Waals surface area (Å²) in [4.78, 5) is 0. The molecule has 1 aliphatic rings. The summed E-state index contributed by atoms with van der Waals surface area (Å²) < 4.78 is 21.4. The lowest BCUT2D eigenvalue weighted by molar-refractivity contribution is 0.601. The van der Waals surface area contributed by atoms with E-state index >= 15 is 0 Å². The highest BCUT2D eigenvalue weighted by atomic mass is 32.2. The van der Waals surface area contributed by atoms with Crippen LogP contribution in [-0.2, 0) is 9.84 Å². The molecular weight excluding hydrogens is 140 g/mol. The van der Waals surface area contributed by atoms with Crippen molar-refractivity contribution in [3.8, 4) is 0 Å². The number of sulfone groups is 1. The summed E-state index contributed by atoms with van der Waals surface area (Å²) in [5, 5.41) is 0. The Labute approximate surface area is 54.1 Å². The van der Waals surface area contributed by atoms with Gasteiger partial charge >= 0.3 is 0 Å². The summed E-state index contributed by atoms with van der Waals surface area (Å²) in [7, 11) is -2.89. The zero-order chi connectivity index (χ0) is 7.07. The van der Waals surface area contributed by atoms with Crippen molar-refractivity contribution in [1.29, 1.82) is 0 Å². The molecule has 0 spiro atoms. The van der Waals surface area contributed by atoms with Crippen LogP contribution in [-0.4, -0.2) is 32.0 Å². The van der Waals surface area contributed by atoms with Crippen molar-refractivity contribution >= 4 is 9.84 Å². The first-order valence-corrected chi connectivity index (χ1v) is 4.55. The van der Waals surface area contributed by atoms with E-state index in [4.69, 9.17) is 11.5 Å². The van der Waals surface area contributed by atoms with Crippen molar-refractivity contribution in [3.63, 3.8) is 0 Å². The third-order valence-corrected chi connectivity index (χ3v) is 3.23. The smallest absolute Gasteiger partial charge is 0.153 e. The highest BCUT2D eigenvalue weighted by molar-refractivity contribution is 7.91. The standard InChI is InChI=1S/C4H10N2O2S/c5-3-1-9(7,8)2-4(3)6/h3-4H,1-2,5-6H2/t3-,4-/m0/s1. The molecule has 0 bridgehead atoms. The van der Waals surface area contributed by atoms with Gasteiger partial charge in [0.05, 0.1) is 11.5 Å². The van der Waals surface area contributed by atoms with E-state index in [0.29, 0.717) is 0 Å². The van der Waals surface area contributed by atoms with Crippen molar-refractivity contribution in [3.05, 3.63) is 0 Å². The fourth-order valence-corrected chi connectivity index (χ4v) is 2.71. The molecule has 1 rings (SSSR count). The SMILES string of the molecule is N[C@H]1CS(=O)(=O)C[C@@H]1N. The van der Waals surface area contributed by atoms with Gasteiger partial charge in [0.15, 0.2) is 9.84 Å². The van der Waals surface area contributed by atoms with Gasteiger partial charge in [0, 0.05) is 12.1 Å². The third-order valence-electron chi connectivity index (χ3n) is 1.44. The Morgan fingerprint density at radius 2 is 1.44 bits per heavy atom. The van der Waals surface area contributed by atoms with Gasteiger partial charge in [-0.2, -0.15) is 0 Å². The maximum atomic E-state index is 10.7. The summed E-state index contributed by atoms with van der Waals surface area (Å²) in [5.74, 6) is 0.0995. The van der Waals surface area contributed by atoms with Gasteiger partial charge in [-0.25, -0.2) is 8.42 Å². The van der Waals surface area contributed by atoms with Gasteiger partial charge in [0.1, 0.15) is 0 Å². The van der Waals surface area contributed by atoms with Crippen LogP contribution in [0.5, 0.6) is 0 Å². The molecule has 5 heteroatoms. The number of hydrogen-bond donors (Lipinski definition) is 2. The van der Waals surface area contributed by atoms with E-state index in [1.165, 1.54) is 0 Å². The molecule has 0 amide bonds. The molecule has 0 aliphatic carbocycles. The van der Waals surface area contributed by atoms with Gasteiger partial charge in [-0.05, 0) is 0 Å². The van der Waals surface area contributed by atoms with Crippen LogP contribution in [0.3, 0.4) is 0 Å². The maximum Gasteiger partial charge on any atom is 0.153 e. The van der Waals surface area contributed by atoms with Crippen LogP contribution in [0.25, 0.3) is 0 Å². The molecule has 1 fully saturated rings. The second-order valence-electron chi connectivity index (χ2n) is 2.40. The average Bonchev–Trinajstić information content (AvgIpc) is 1.79. The number of rotatable bonds is 0. The summed E-state index contributed by atoms with van der Waals surface area (Å²) in [6.07, 6.45) is 0. The van der Waals surface area contributed by atoms with Crippen LogP contribution >= 0.6 is 0 Å². The highest BCUT2D eigenvalue weighted by Crippen LogP contribution is 2.07. The normalized spacial score (nSPS) is 41.1. The molecule has 0 aromatic carbocycles. The van der Waals surface area contributed by atoms with Crippen LogP contribution in [0.1, 0.15) is 0 Å². The number of nitrogens with two attached hydrogens (primary N) is 2. The Balaban J connectivity index is 2.77. The lowest BCUT2D eigenvalue weighted by Crippen LogP contribution is -2.39. The molecule has 0 radical (unpaired) electrons. The molecule has 4 N–H and O–H groups in total. The van der Waals surface area contributed by atoms with Crippen molar-refractivity contribution in [2.45, 2.75) is 12.1 Å².